The number of nitrogens with one attached hydrogen (secondary N) is 1. The number of aryl methyl sites for hydroxylation is 2. The van der Waals surface area contributed by atoms with Crippen molar-refractivity contribution >= 4 is 11.5 Å². The first-order valence-electron chi connectivity index (χ1n) is 5.97. The number of hydrogen-bond acceptors (Lipinski definition) is 5. The molecule has 0 radical (unpaired) electrons. The van der Waals surface area contributed by atoms with Gasteiger partial charge < -0.3 is 10.1 Å². The van der Waals surface area contributed by atoms with Crippen molar-refractivity contribution in [3.05, 3.63) is 24.3 Å². The normalized spacial score (nSPS) is 10.4. The van der Waals surface area contributed by atoms with E-state index in [4.69, 9.17) is 4.74 Å². The Bertz CT molecular complexity index is 523. The number of nitrogens with zero attached hydrogens (tertiary/aromatic N) is 4. The fourth-order valence-electron chi connectivity index (χ4n) is 1.67. The third-order valence-corrected chi connectivity index (χ3v) is 2.44. The molecule has 2 heterocycles. The highest BCUT2D eigenvalue weighted by Crippen LogP contribution is 2.20. The van der Waals surface area contributed by atoms with Crippen molar-refractivity contribution < 1.29 is 4.74 Å². The van der Waals surface area contributed by atoms with Crippen LogP contribution in [0.2, 0.25) is 0 Å². The van der Waals surface area contributed by atoms with Crippen LogP contribution >= 0.6 is 0 Å². The predicted molar refractivity (Wildman–Crippen MR) is 69.1 cm³/mol. The molecule has 0 bridgehead atoms. The van der Waals surface area contributed by atoms with Crippen LogP contribution in [0.4, 0.5) is 11.5 Å². The molecule has 0 atom stereocenters. The fourth-order valence-corrected chi connectivity index (χ4v) is 1.67. The van der Waals surface area contributed by atoms with Gasteiger partial charge in [-0.25, -0.2) is 9.97 Å². The molecule has 0 saturated carbocycles. The molecule has 0 aromatic carbocycles. The summed E-state index contributed by atoms with van der Waals surface area (Å²) in [6.45, 7) is 4.58. The van der Waals surface area contributed by atoms with Gasteiger partial charge in [-0.15, -0.1) is 0 Å². The Morgan fingerprint density at radius 1 is 1.33 bits per heavy atom. The summed E-state index contributed by atoms with van der Waals surface area (Å²) < 4.78 is 7.12. The molecule has 0 spiro atoms. The van der Waals surface area contributed by atoms with Crippen LogP contribution in [0.1, 0.15) is 19.5 Å². The Balaban J connectivity index is 2.19. The molecular weight excluding hydrogens is 230 g/mol. The molecule has 0 aliphatic heterocycles. The molecule has 2 aromatic heterocycles. The average molecular weight is 247 g/mol. The van der Waals surface area contributed by atoms with E-state index >= 15 is 0 Å². The summed E-state index contributed by atoms with van der Waals surface area (Å²) in [4.78, 5) is 8.19. The van der Waals surface area contributed by atoms with Gasteiger partial charge in [0.1, 0.15) is 12.1 Å². The summed E-state index contributed by atoms with van der Waals surface area (Å²) in [7, 11) is 1.90. The molecule has 0 saturated heterocycles. The van der Waals surface area contributed by atoms with Crippen LogP contribution in [0.5, 0.6) is 5.88 Å². The van der Waals surface area contributed by atoms with E-state index in [1.807, 2.05) is 20.2 Å². The number of hydrogen-bond donors (Lipinski definition) is 1. The van der Waals surface area contributed by atoms with E-state index in [1.165, 1.54) is 6.33 Å². The maximum atomic E-state index is 5.33. The van der Waals surface area contributed by atoms with Crippen molar-refractivity contribution in [2.75, 3.05) is 11.9 Å². The summed E-state index contributed by atoms with van der Waals surface area (Å²) in [5.41, 5.74) is 1.97. The van der Waals surface area contributed by atoms with E-state index in [0.29, 0.717) is 18.3 Å². The number of rotatable bonds is 5. The monoisotopic (exact) mass is 247 g/mol. The third kappa shape index (κ3) is 2.77. The average Bonchev–Trinajstić information content (AvgIpc) is 2.70. The lowest BCUT2D eigenvalue weighted by molar-refractivity contribution is 0.326. The lowest BCUT2D eigenvalue weighted by Crippen LogP contribution is -1.99. The molecule has 18 heavy (non-hydrogen) atoms. The van der Waals surface area contributed by atoms with Crippen LogP contribution in [-0.2, 0) is 13.5 Å². The first-order chi connectivity index (χ1) is 8.72. The van der Waals surface area contributed by atoms with Gasteiger partial charge in [0.25, 0.3) is 0 Å². The lowest BCUT2D eigenvalue weighted by atomic mass is 10.3. The SMILES string of the molecule is CCOc1cc(Nc2cn(C)nc2CC)ncn1. The van der Waals surface area contributed by atoms with Gasteiger partial charge in [-0.2, -0.15) is 5.10 Å². The highest BCUT2D eigenvalue weighted by atomic mass is 16.5. The van der Waals surface area contributed by atoms with E-state index in [9.17, 15) is 0 Å². The maximum absolute atomic E-state index is 5.33. The van der Waals surface area contributed by atoms with Gasteiger partial charge in [-0.05, 0) is 13.3 Å². The Morgan fingerprint density at radius 3 is 2.89 bits per heavy atom. The minimum absolute atomic E-state index is 0.567. The minimum atomic E-state index is 0.567. The summed E-state index contributed by atoms with van der Waals surface area (Å²) in [6, 6.07) is 1.77. The van der Waals surface area contributed by atoms with Gasteiger partial charge in [0, 0.05) is 19.3 Å². The Hall–Kier alpha value is -2.11. The van der Waals surface area contributed by atoms with E-state index in [-0.39, 0.29) is 0 Å². The van der Waals surface area contributed by atoms with Gasteiger partial charge >= 0.3 is 0 Å². The van der Waals surface area contributed by atoms with Crippen molar-refractivity contribution in [1.82, 2.24) is 19.7 Å². The summed E-state index contributed by atoms with van der Waals surface area (Å²) in [6.07, 6.45) is 4.28. The number of anilines is 2. The zero-order chi connectivity index (χ0) is 13.0. The molecule has 0 amide bonds. The van der Waals surface area contributed by atoms with Crippen LogP contribution in [-0.4, -0.2) is 26.4 Å². The van der Waals surface area contributed by atoms with E-state index in [1.54, 1.807) is 10.7 Å². The first-order valence-corrected chi connectivity index (χ1v) is 5.97. The molecule has 6 heteroatoms. The molecule has 0 aliphatic rings. The van der Waals surface area contributed by atoms with Crippen LogP contribution in [0.25, 0.3) is 0 Å². The Morgan fingerprint density at radius 2 is 2.17 bits per heavy atom. The smallest absolute Gasteiger partial charge is 0.218 e. The first kappa shape index (κ1) is 12.3. The summed E-state index contributed by atoms with van der Waals surface area (Å²) in [5.74, 6) is 1.27. The van der Waals surface area contributed by atoms with E-state index in [2.05, 4.69) is 27.3 Å². The lowest BCUT2D eigenvalue weighted by Gasteiger charge is -2.06. The van der Waals surface area contributed by atoms with E-state index in [0.717, 1.165) is 17.8 Å². The molecule has 1 N–H and O–H groups in total. The van der Waals surface area contributed by atoms with Crippen LogP contribution in [0, 0.1) is 0 Å². The van der Waals surface area contributed by atoms with Crippen LogP contribution in [0.3, 0.4) is 0 Å². The minimum Gasteiger partial charge on any atom is -0.478 e. The Kier molecular flexibility index (Phi) is 3.76. The summed E-state index contributed by atoms with van der Waals surface area (Å²) >= 11 is 0. The molecule has 6 nitrogen and oxygen atoms in total. The molecule has 0 fully saturated rings. The standard InChI is InChI=1S/C12H17N5O/c1-4-9-10(7-17(3)16-9)15-11-6-12(18-5-2)14-8-13-11/h6-8H,4-5H2,1-3H3,(H,13,14,15). The van der Waals surface area contributed by atoms with Crippen molar-refractivity contribution in [1.29, 1.82) is 0 Å². The highest BCUT2D eigenvalue weighted by Gasteiger charge is 2.07. The van der Waals surface area contributed by atoms with Crippen LogP contribution in [0.15, 0.2) is 18.6 Å². The predicted octanol–water partition coefficient (Wildman–Crippen LogP) is 1.91. The number of ether oxygens (including phenoxy) is 1. The quantitative estimate of drug-likeness (QED) is 0.874. The second kappa shape index (κ2) is 5.48. The fraction of sp³-hybridized carbons (Fsp3) is 0.417. The third-order valence-electron chi connectivity index (χ3n) is 2.44. The summed E-state index contributed by atoms with van der Waals surface area (Å²) in [5, 5.41) is 7.59. The molecule has 2 aromatic rings. The molecule has 0 aliphatic carbocycles. The molecule has 2 rings (SSSR count). The highest BCUT2D eigenvalue weighted by molar-refractivity contribution is 5.58. The van der Waals surface area contributed by atoms with Crippen molar-refractivity contribution in [3.8, 4) is 5.88 Å². The molecule has 96 valence electrons. The van der Waals surface area contributed by atoms with Gasteiger partial charge in [0.15, 0.2) is 0 Å². The maximum Gasteiger partial charge on any atom is 0.218 e. The second-order valence-corrected chi connectivity index (χ2v) is 3.82. The van der Waals surface area contributed by atoms with Crippen molar-refractivity contribution in [2.24, 2.45) is 7.05 Å². The second-order valence-electron chi connectivity index (χ2n) is 3.82. The zero-order valence-corrected chi connectivity index (χ0v) is 10.8. The van der Waals surface area contributed by atoms with Crippen LogP contribution < -0.4 is 10.1 Å². The largest absolute Gasteiger partial charge is 0.478 e. The van der Waals surface area contributed by atoms with E-state index < -0.39 is 0 Å². The Labute approximate surface area is 106 Å². The topological polar surface area (TPSA) is 64.9 Å². The molecule has 0 unspecified atom stereocenters. The van der Waals surface area contributed by atoms with Crippen molar-refractivity contribution in [2.45, 2.75) is 20.3 Å². The van der Waals surface area contributed by atoms with Gasteiger partial charge in [-0.3, -0.25) is 4.68 Å². The number of aromatic nitrogens is 4. The molecular formula is C12H17N5O. The van der Waals surface area contributed by atoms with Gasteiger partial charge in [-0.1, -0.05) is 6.92 Å². The van der Waals surface area contributed by atoms with Gasteiger partial charge in [0.05, 0.1) is 18.0 Å². The van der Waals surface area contributed by atoms with Crippen molar-refractivity contribution in [3.63, 3.8) is 0 Å². The zero-order valence-electron chi connectivity index (χ0n) is 10.8. The van der Waals surface area contributed by atoms with Gasteiger partial charge in [0.2, 0.25) is 5.88 Å².